The molecule has 4 heterocycles. The van der Waals surface area contributed by atoms with Crippen LogP contribution in [0.4, 0.5) is 0 Å². The average Bonchev–Trinajstić information content (AvgIpc) is 3.14. The summed E-state index contributed by atoms with van der Waals surface area (Å²) in [7, 11) is 3.71. The third-order valence-electron chi connectivity index (χ3n) is 5.75. The van der Waals surface area contributed by atoms with E-state index in [1.807, 2.05) is 55.3 Å². The lowest BCUT2D eigenvalue weighted by atomic mass is 9.75. The van der Waals surface area contributed by atoms with Gasteiger partial charge in [0.1, 0.15) is 18.1 Å². The van der Waals surface area contributed by atoms with Gasteiger partial charge in [0.2, 0.25) is 5.91 Å². The number of amides is 1. The summed E-state index contributed by atoms with van der Waals surface area (Å²) in [4.78, 5) is 16.6. The highest BCUT2D eigenvalue weighted by molar-refractivity contribution is 5.79. The second kappa shape index (κ2) is 7.68. The van der Waals surface area contributed by atoms with Crippen LogP contribution in [-0.4, -0.2) is 63.9 Å². The number of aromatic nitrogens is 3. The van der Waals surface area contributed by atoms with Crippen LogP contribution in [0.1, 0.15) is 18.5 Å². The van der Waals surface area contributed by atoms with Gasteiger partial charge in [-0.15, -0.1) is 5.10 Å². The van der Waals surface area contributed by atoms with Crippen molar-refractivity contribution in [1.82, 2.24) is 24.8 Å². The van der Waals surface area contributed by atoms with Gasteiger partial charge in [-0.2, -0.15) is 0 Å². The van der Waals surface area contributed by atoms with E-state index in [-0.39, 0.29) is 11.8 Å². The van der Waals surface area contributed by atoms with Crippen molar-refractivity contribution in [3.8, 4) is 5.75 Å². The predicted molar refractivity (Wildman–Crippen MR) is 101 cm³/mol. The first kappa shape index (κ1) is 18.0. The number of fused-ring (bicyclic) bond motifs is 3. The molecule has 0 N–H and O–H groups in total. The Hall–Kier alpha value is -2.41. The van der Waals surface area contributed by atoms with Crippen molar-refractivity contribution in [3.05, 3.63) is 42.2 Å². The molecule has 0 radical (unpaired) electrons. The molecule has 1 amide bonds. The Labute approximate surface area is 159 Å². The van der Waals surface area contributed by atoms with Gasteiger partial charge in [-0.1, -0.05) is 23.4 Å². The van der Waals surface area contributed by atoms with Crippen LogP contribution in [0.15, 0.2) is 36.5 Å². The van der Waals surface area contributed by atoms with E-state index in [4.69, 9.17) is 4.74 Å². The second-order valence-corrected chi connectivity index (χ2v) is 7.81. The van der Waals surface area contributed by atoms with E-state index in [1.54, 1.807) is 4.90 Å². The zero-order valence-electron chi connectivity index (χ0n) is 16.0. The molecule has 27 heavy (non-hydrogen) atoms. The van der Waals surface area contributed by atoms with Crippen LogP contribution in [0.2, 0.25) is 0 Å². The molecule has 0 aliphatic carbocycles. The maximum atomic E-state index is 12.4. The number of carbonyl (C=O) groups is 1. The highest BCUT2D eigenvalue weighted by atomic mass is 16.5. The van der Waals surface area contributed by atoms with Gasteiger partial charge >= 0.3 is 0 Å². The minimum atomic E-state index is 0.149. The zero-order chi connectivity index (χ0) is 18.8. The first-order valence-electron chi connectivity index (χ1n) is 9.62. The number of nitrogens with zero attached hydrogens (tertiary/aromatic N) is 5. The quantitative estimate of drug-likeness (QED) is 0.775. The van der Waals surface area contributed by atoms with Crippen LogP contribution in [0.3, 0.4) is 0 Å². The lowest BCUT2D eigenvalue weighted by molar-refractivity contribution is -0.141. The lowest BCUT2D eigenvalue weighted by Gasteiger charge is -2.49. The molecular formula is C20H27N5O2. The zero-order valence-corrected chi connectivity index (χ0v) is 16.0. The molecular weight excluding hydrogens is 342 g/mol. The van der Waals surface area contributed by atoms with Gasteiger partial charge in [-0.25, -0.2) is 0 Å². The summed E-state index contributed by atoms with van der Waals surface area (Å²) in [6.07, 6.45) is 4.14. The average molecular weight is 369 g/mol. The van der Waals surface area contributed by atoms with E-state index in [1.165, 1.54) is 0 Å². The molecule has 5 rings (SSSR count). The molecule has 3 aliphatic heterocycles. The van der Waals surface area contributed by atoms with Crippen LogP contribution in [-0.2, 0) is 17.9 Å². The monoisotopic (exact) mass is 369 g/mol. The minimum absolute atomic E-state index is 0.149. The molecule has 7 nitrogen and oxygen atoms in total. The van der Waals surface area contributed by atoms with Gasteiger partial charge < -0.3 is 9.64 Å². The van der Waals surface area contributed by atoms with Gasteiger partial charge in [0.15, 0.2) is 0 Å². The molecule has 3 fully saturated rings. The molecule has 144 valence electrons. The molecule has 0 spiro atoms. The van der Waals surface area contributed by atoms with Crippen molar-refractivity contribution in [2.24, 2.45) is 11.8 Å². The lowest BCUT2D eigenvalue weighted by Crippen LogP contribution is -2.57. The third-order valence-corrected chi connectivity index (χ3v) is 5.75. The number of hydrogen-bond acceptors (Lipinski definition) is 5. The van der Waals surface area contributed by atoms with E-state index in [2.05, 4.69) is 15.2 Å². The maximum Gasteiger partial charge on any atom is 0.226 e. The predicted octanol–water partition coefficient (Wildman–Crippen LogP) is 1.66. The maximum absolute atomic E-state index is 12.4. The molecule has 2 bridgehead atoms. The van der Waals surface area contributed by atoms with Crippen molar-refractivity contribution >= 4 is 5.91 Å². The van der Waals surface area contributed by atoms with Crippen molar-refractivity contribution in [2.45, 2.75) is 32.0 Å². The smallest absolute Gasteiger partial charge is 0.226 e. The first-order chi connectivity index (χ1) is 13.1. The molecule has 2 aromatic rings. The fraction of sp³-hybridized carbons (Fsp3) is 0.550. The van der Waals surface area contributed by atoms with E-state index in [0.717, 1.165) is 43.9 Å². The van der Waals surface area contributed by atoms with Gasteiger partial charge in [0.25, 0.3) is 0 Å². The number of carbonyl (C=O) groups excluding carboxylic acids is 1. The Morgan fingerprint density at radius 2 is 2.11 bits per heavy atom. The Balaban J connectivity index is 1.33. The van der Waals surface area contributed by atoms with Gasteiger partial charge in [-0.3, -0.25) is 14.4 Å². The third kappa shape index (κ3) is 3.98. The number of piperidine rings is 3. The van der Waals surface area contributed by atoms with Gasteiger partial charge in [0.05, 0.1) is 18.7 Å². The first-order valence-corrected chi connectivity index (χ1v) is 9.62. The molecule has 1 aromatic heterocycles. The van der Waals surface area contributed by atoms with Crippen molar-refractivity contribution in [1.29, 1.82) is 0 Å². The number of benzene rings is 1. The van der Waals surface area contributed by atoms with Crippen molar-refractivity contribution in [3.63, 3.8) is 0 Å². The Kier molecular flexibility index (Phi) is 5.11. The largest absolute Gasteiger partial charge is 0.487 e. The molecule has 3 saturated heterocycles. The number of para-hydroxylation sites is 1. The van der Waals surface area contributed by atoms with Crippen LogP contribution < -0.4 is 4.74 Å². The summed E-state index contributed by atoms with van der Waals surface area (Å²) >= 11 is 0. The Morgan fingerprint density at radius 3 is 2.81 bits per heavy atom. The number of hydrogen-bond donors (Lipinski definition) is 0. The summed E-state index contributed by atoms with van der Waals surface area (Å²) in [6, 6.07) is 10.2. The van der Waals surface area contributed by atoms with Gasteiger partial charge in [-0.05, 0) is 37.4 Å². The summed E-state index contributed by atoms with van der Waals surface area (Å²) in [5, 5.41) is 8.51. The number of rotatable bonds is 6. The molecule has 4 atom stereocenters. The van der Waals surface area contributed by atoms with E-state index < -0.39 is 0 Å². The summed E-state index contributed by atoms with van der Waals surface area (Å²) in [5.41, 5.74) is 0.829. The van der Waals surface area contributed by atoms with Crippen LogP contribution in [0, 0.1) is 11.8 Å². The topological polar surface area (TPSA) is 63.5 Å². The van der Waals surface area contributed by atoms with Crippen molar-refractivity contribution < 1.29 is 9.53 Å². The molecule has 3 aliphatic rings. The molecule has 7 heteroatoms. The Morgan fingerprint density at radius 1 is 1.30 bits per heavy atom. The fourth-order valence-corrected chi connectivity index (χ4v) is 4.32. The minimum Gasteiger partial charge on any atom is -0.487 e. The normalized spacial score (nSPS) is 26.7. The summed E-state index contributed by atoms with van der Waals surface area (Å²) < 4.78 is 7.65. The van der Waals surface area contributed by atoms with Gasteiger partial charge in [0, 0.05) is 26.7 Å². The number of ether oxygens (including phenoxy) is 1. The van der Waals surface area contributed by atoms with E-state index in [0.29, 0.717) is 18.6 Å². The van der Waals surface area contributed by atoms with E-state index >= 15 is 0 Å². The SMILES string of the molecule is CN(C)C(=O)[C@H]1CN2CC[C@H]1C[C@@H]2Cn1cc(COc2ccccc2)nn1. The summed E-state index contributed by atoms with van der Waals surface area (Å²) in [5.74, 6) is 1.73. The highest BCUT2D eigenvalue weighted by Crippen LogP contribution is 2.37. The summed E-state index contributed by atoms with van der Waals surface area (Å²) in [6.45, 7) is 3.17. The molecule has 1 aromatic carbocycles. The standard InChI is InChI=1S/C20H27N5O2/c1-23(2)20(26)19-13-24-9-8-15(19)10-17(24)12-25-11-16(21-22-25)14-27-18-6-4-3-5-7-18/h3-7,11,15,17,19H,8-10,12-14H2,1-2H3/t15-,17+,19-/m0/s1. The van der Waals surface area contributed by atoms with E-state index in [9.17, 15) is 4.79 Å². The molecule has 0 saturated carbocycles. The Bertz CT molecular complexity index is 776. The van der Waals surface area contributed by atoms with Crippen LogP contribution >= 0.6 is 0 Å². The fourth-order valence-electron chi connectivity index (χ4n) is 4.32. The van der Waals surface area contributed by atoms with Crippen molar-refractivity contribution in [2.75, 3.05) is 27.2 Å². The highest BCUT2D eigenvalue weighted by Gasteiger charge is 2.43. The molecule has 1 unspecified atom stereocenters. The van der Waals surface area contributed by atoms with Crippen LogP contribution in [0.25, 0.3) is 0 Å². The van der Waals surface area contributed by atoms with Crippen LogP contribution in [0.5, 0.6) is 5.75 Å². The second-order valence-electron chi connectivity index (χ2n) is 7.81.